The lowest BCUT2D eigenvalue weighted by atomic mass is 9.93. The van der Waals surface area contributed by atoms with Crippen molar-refractivity contribution in [3.8, 4) is 0 Å². The first-order valence-electron chi connectivity index (χ1n) is 9.03. The lowest BCUT2D eigenvalue weighted by molar-refractivity contribution is -0.117. The molecule has 0 bridgehead atoms. The number of aryl methyl sites for hydroxylation is 2. The second kappa shape index (κ2) is 7.93. The van der Waals surface area contributed by atoms with Crippen molar-refractivity contribution in [2.45, 2.75) is 38.5 Å². The van der Waals surface area contributed by atoms with Crippen molar-refractivity contribution >= 4 is 11.6 Å². The third kappa shape index (κ3) is 4.55. The summed E-state index contributed by atoms with van der Waals surface area (Å²) in [5.74, 6) is 0.940. The van der Waals surface area contributed by atoms with Crippen LogP contribution in [0.3, 0.4) is 0 Å². The summed E-state index contributed by atoms with van der Waals surface area (Å²) in [6, 6.07) is 6.38. The first-order valence-corrected chi connectivity index (χ1v) is 9.03. The van der Waals surface area contributed by atoms with Gasteiger partial charge < -0.3 is 10.6 Å². The third-order valence-corrected chi connectivity index (χ3v) is 5.26. The predicted molar refractivity (Wildman–Crippen MR) is 94.8 cm³/mol. The van der Waals surface area contributed by atoms with Crippen molar-refractivity contribution in [2.24, 2.45) is 5.92 Å². The number of anilines is 1. The molecule has 0 unspecified atom stereocenters. The van der Waals surface area contributed by atoms with Crippen LogP contribution in [0.4, 0.5) is 5.69 Å². The molecule has 2 aliphatic rings. The second-order valence-corrected chi connectivity index (χ2v) is 7.00. The average Bonchev–Trinajstić information content (AvgIpc) is 3.02. The van der Waals surface area contributed by atoms with Gasteiger partial charge in [0.25, 0.3) is 0 Å². The van der Waals surface area contributed by atoms with Crippen LogP contribution in [0.5, 0.6) is 0 Å². The van der Waals surface area contributed by atoms with Gasteiger partial charge in [0.2, 0.25) is 5.91 Å². The van der Waals surface area contributed by atoms with Crippen LogP contribution in [-0.2, 0) is 17.6 Å². The largest absolute Gasteiger partial charge is 0.325 e. The number of nitrogens with zero attached hydrogens (tertiary/aromatic N) is 1. The van der Waals surface area contributed by atoms with Gasteiger partial charge in [-0.25, -0.2) is 0 Å². The minimum Gasteiger partial charge on any atom is -0.325 e. The van der Waals surface area contributed by atoms with Crippen LogP contribution in [0.1, 0.15) is 36.8 Å². The van der Waals surface area contributed by atoms with E-state index in [9.17, 15) is 4.79 Å². The van der Waals surface area contributed by atoms with Crippen molar-refractivity contribution in [3.63, 3.8) is 0 Å². The fourth-order valence-electron chi connectivity index (χ4n) is 3.83. The van der Waals surface area contributed by atoms with Crippen molar-refractivity contribution in [1.82, 2.24) is 10.2 Å². The van der Waals surface area contributed by atoms with Gasteiger partial charge in [-0.2, -0.15) is 0 Å². The molecule has 4 nitrogen and oxygen atoms in total. The quantitative estimate of drug-likeness (QED) is 0.847. The molecule has 1 saturated heterocycles. The highest BCUT2D eigenvalue weighted by Gasteiger charge is 2.20. The lowest BCUT2D eigenvalue weighted by Crippen LogP contribution is -2.39. The SMILES string of the molecule is CNCCC1CCN(CC(=O)Nc2ccc3c(c2)CCC3)CC1. The number of carbonyl (C=O) groups is 1. The van der Waals surface area contributed by atoms with Crippen LogP contribution >= 0.6 is 0 Å². The Balaban J connectivity index is 1.43. The molecule has 1 aliphatic heterocycles. The molecule has 1 aliphatic carbocycles. The van der Waals surface area contributed by atoms with E-state index in [1.807, 2.05) is 13.1 Å². The zero-order chi connectivity index (χ0) is 16.1. The fraction of sp³-hybridized carbons (Fsp3) is 0.632. The standard InChI is InChI=1S/C19H29N3O/c1-20-10-7-15-8-11-22(12-9-15)14-19(23)21-18-6-5-16-3-2-4-17(16)13-18/h5-6,13,15,20H,2-4,7-12,14H2,1H3,(H,21,23). The Morgan fingerprint density at radius 2 is 2.00 bits per heavy atom. The van der Waals surface area contributed by atoms with Gasteiger partial charge in [-0.05, 0) is 94.4 Å². The maximum absolute atomic E-state index is 12.3. The maximum Gasteiger partial charge on any atom is 0.238 e. The Bertz CT molecular complexity index is 535. The number of hydrogen-bond acceptors (Lipinski definition) is 3. The molecule has 126 valence electrons. The molecule has 1 heterocycles. The molecule has 0 atom stereocenters. The van der Waals surface area contributed by atoms with E-state index < -0.39 is 0 Å². The molecule has 1 aromatic rings. The van der Waals surface area contributed by atoms with E-state index in [2.05, 4.69) is 27.7 Å². The van der Waals surface area contributed by atoms with Crippen molar-refractivity contribution in [1.29, 1.82) is 0 Å². The normalized spacial score (nSPS) is 18.8. The summed E-state index contributed by atoms with van der Waals surface area (Å²) in [5, 5.41) is 6.30. The Labute approximate surface area is 139 Å². The monoisotopic (exact) mass is 315 g/mol. The van der Waals surface area contributed by atoms with Crippen molar-refractivity contribution in [2.75, 3.05) is 38.5 Å². The lowest BCUT2D eigenvalue weighted by Gasteiger charge is -2.31. The average molecular weight is 315 g/mol. The van der Waals surface area contributed by atoms with Gasteiger partial charge in [-0.15, -0.1) is 0 Å². The molecule has 1 fully saturated rings. The van der Waals surface area contributed by atoms with Gasteiger partial charge in [0.15, 0.2) is 0 Å². The van der Waals surface area contributed by atoms with E-state index in [-0.39, 0.29) is 5.91 Å². The number of benzene rings is 1. The Hall–Kier alpha value is -1.39. The van der Waals surface area contributed by atoms with Gasteiger partial charge >= 0.3 is 0 Å². The highest BCUT2D eigenvalue weighted by atomic mass is 16.2. The smallest absolute Gasteiger partial charge is 0.238 e. The Kier molecular flexibility index (Phi) is 5.68. The number of rotatable bonds is 6. The predicted octanol–water partition coefficient (Wildman–Crippen LogP) is 2.44. The highest BCUT2D eigenvalue weighted by molar-refractivity contribution is 5.92. The summed E-state index contributed by atoms with van der Waals surface area (Å²) in [7, 11) is 2.01. The number of hydrogen-bond donors (Lipinski definition) is 2. The molecule has 1 amide bonds. The van der Waals surface area contributed by atoms with Crippen LogP contribution in [0.25, 0.3) is 0 Å². The molecular weight excluding hydrogens is 286 g/mol. The van der Waals surface area contributed by atoms with Gasteiger partial charge in [-0.1, -0.05) is 6.07 Å². The summed E-state index contributed by atoms with van der Waals surface area (Å²) in [6.45, 7) is 3.72. The van der Waals surface area contributed by atoms with E-state index >= 15 is 0 Å². The first kappa shape index (κ1) is 16.5. The molecule has 0 saturated carbocycles. The van der Waals surface area contributed by atoms with Crippen LogP contribution in [0, 0.1) is 5.92 Å². The second-order valence-electron chi connectivity index (χ2n) is 7.00. The van der Waals surface area contributed by atoms with Gasteiger partial charge in [-0.3, -0.25) is 9.69 Å². The van der Waals surface area contributed by atoms with E-state index in [0.29, 0.717) is 6.54 Å². The zero-order valence-corrected chi connectivity index (χ0v) is 14.2. The highest BCUT2D eigenvalue weighted by Crippen LogP contribution is 2.25. The molecule has 4 heteroatoms. The first-order chi connectivity index (χ1) is 11.2. The van der Waals surface area contributed by atoms with E-state index in [1.165, 1.54) is 43.2 Å². The fourth-order valence-corrected chi connectivity index (χ4v) is 3.83. The molecule has 0 aromatic heterocycles. The number of piperidine rings is 1. The van der Waals surface area contributed by atoms with E-state index in [0.717, 1.165) is 37.7 Å². The summed E-state index contributed by atoms with van der Waals surface area (Å²) < 4.78 is 0. The third-order valence-electron chi connectivity index (χ3n) is 5.26. The molecule has 23 heavy (non-hydrogen) atoms. The number of nitrogens with one attached hydrogen (secondary N) is 2. The zero-order valence-electron chi connectivity index (χ0n) is 14.2. The Morgan fingerprint density at radius 1 is 1.22 bits per heavy atom. The maximum atomic E-state index is 12.3. The number of fused-ring (bicyclic) bond motifs is 1. The summed E-state index contributed by atoms with van der Waals surface area (Å²) in [6.07, 6.45) is 7.27. The van der Waals surface area contributed by atoms with E-state index in [1.54, 1.807) is 0 Å². The number of likely N-dealkylation sites (tertiary alicyclic amines) is 1. The molecule has 0 spiro atoms. The minimum absolute atomic E-state index is 0.122. The van der Waals surface area contributed by atoms with E-state index in [4.69, 9.17) is 0 Å². The van der Waals surface area contributed by atoms with Gasteiger partial charge in [0.05, 0.1) is 6.54 Å². The van der Waals surface area contributed by atoms with Crippen LogP contribution in [0.2, 0.25) is 0 Å². The van der Waals surface area contributed by atoms with Crippen molar-refractivity contribution < 1.29 is 4.79 Å². The number of carbonyl (C=O) groups excluding carboxylic acids is 1. The van der Waals surface area contributed by atoms with Crippen LogP contribution in [0.15, 0.2) is 18.2 Å². The molecule has 0 radical (unpaired) electrons. The Morgan fingerprint density at radius 3 is 2.78 bits per heavy atom. The molecular formula is C19H29N3O. The summed E-state index contributed by atoms with van der Waals surface area (Å²) in [5.41, 5.74) is 3.82. The van der Waals surface area contributed by atoms with Crippen LogP contribution in [-0.4, -0.2) is 44.0 Å². The van der Waals surface area contributed by atoms with Gasteiger partial charge in [0.1, 0.15) is 0 Å². The summed E-state index contributed by atoms with van der Waals surface area (Å²) in [4.78, 5) is 14.6. The minimum atomic E-state index is 0.122. The topological polar surface area (TPSA) is 44.4 Å². The molecule has 2 N–H and O–H groups in total. The van der Waals surface area contributed by atoms with Crippen LogP contribution < -0.4 is 10.6 Å². The molecule has 1 aromatic carbocycles. The molecule has 3 rings (SSSR count). The van der Waals surface area contributed by atoms with Crippen molar-refractivity contribution in [3.05, 3.63) is 29.3 Å². The summed E-state index contributed by atoms with van der Waals surface area (Å²) >= 11 is 0. The van der Waals surface area contributed by atoms with Gasteiger partial charge in [0, 0.05) is 5.69 Å². The number of amides is 1.